The number of piperidine rings is 1. The van der Waals surface area contributed by atoms with Crippen molar-refractivity contribution in [3.05, 3.63) is 41.3 Å². The van der Waals surface area contributed by atoms with E-state index in [1.165, 1.54) is 24.0 Å². The molecule has 24 heavy (non-hydrogen) atoms. The van der Waals surface area contributed by atoms with E-state index in [0.717, 1.165) is 37.8 Å². The van der Waals surface area contributed by atoms with E-state index >= 15 is 0 Å². The zero-order valence-electron chi connectivity index (χ0n) is 14.8. The van der Waals surface area contributed by atoms with Crippen LogP contribution in [0, 0.1) is 6.92 Å². The SMILES string of the molecule is COc1c(CNC2CCN(Cc3ccncc3)CC2)c(C)nn1C. The van der Waals surface area contributed by atoms with Crippen LogP contribution in [0.2, 0.25) is 0 Å². The van der Waals surface area contributed by atoms with Crippen molar-refractivity contribution in [2.45, 2.75) is 38.9 Å². The number of nitrogens with zero attached hydrogens (tertiary/aromatic N) is 4. The van der Waals surface area contributed by atoms with Crippen LogP contribution in [0.4, 0.5) is 0 Å². The summed E-state index contributed by atoms with van der Waals surface area (Å²) in [6.45, 7) is 6.13. The van der Waals surface area contributed by atoms with Crippen molar-refractivity contribution in [3.8, 4) is 5.88 Å². The van der Waals surface area contributed by atoms with Crippen LogP contribution in [0.25, 0.3) is 0 Å². The minimum atomic E-state index is 0.558. The van der Waals surface area contributed by atoms with Crippen LogP contribution in [0.3, 0.4) is 0 Å². The van der Waals surface area contributed by atoms with Crippen LogP contribution in [0.15, 0.2) is 24.5 Å². The summed E-state index contributed by atoms with van der Waals surface area (Å²) in [6.07, 6.45) is 6.08. The van der Waals surface area contributed by atoms with Gasteiger partial charge in [-0.15, -0.1) is 0 Å². The van der Waals surface area contributed by atoms with Gasteiger partial charge in [0.1, 0.15) is 0 Å². The molecule has 1 N–H and O–H groups in total. The summed E-state index contributed by atoms with van der Waals surface area (Å²) in [6, 6.07) is 4.76. The number of likely N-dealkylation sites (tertiary alicyclic amines) is 1. The third kappa shape index (κ3) is 3.94. The van der Waals surface area contributed by atoms with Crippen molar-refractivity contribution >= 4 is 0 Å². The minimum Gasteiger partial charge on any atom is -0.481 e. The van der Waals surface area contributed by atoms with Gasteiger partial charge in [-0.1, -0.05) is 0 Å². The molecule has 0 spiro atoms. The lowest BCUT2D eigenvalue weighted by Crippen LogP contribution is -2.41. The molecule has 0 aliphatic carbocycles. The van der Waals surface area contributed by atoms with E-state index in [2.05, 4.69) is 32.4 Å². The highest BCUT2D eigenvalue weighted by Crippen LogP contribution is 2.21. The topological polar surface area (TPSA) is 55.2 Å². The van der Waals surface area contributed by atoms with Gasteiger partial charge < -0.3 is 10.1 Å². The highest BCUT2D eigenvalue weighted by atomic mass is 16.5. The van der Waals surface area contributed by atoms with Gasteiger partial charge in [0.05, 0.1) is 18.4 Å². The fraction of sp³-hybridized carbons (Fsp3) is 0.556. The molecule has 0 bridgehead atoms. The van der Waals surface area contributed by atoms with Crippen molar-refractivity contribution in [3.63, 3.8) is 0 Å². The molecular weight excluding hydrogens is 302 g/mol. The highest BCUT2D eigenvalue weighted by molar-refractivity contribution is 5.30. The molecule has 1 aliphatic rings. The maximum Gasteiger partial charge on any atom is 0.216 e. The second-order valence-corrected chi connectivity index (χ2v) is 6.48. The van der Waals surface area contributed by atoms with Gasteiger partial charge in [0.2, 0.25) is 5.88 Å². The monoisotopic (exact) mass is 329 g/mol. The Hall–Kier alpha value is -1.92. The first-order chi connectivity index (χ1) is 11.7. The number of methoxy groups -OCH3 is 1. The molecule has 3 heterocycles. The van der Waals surface area contributed by atoms with Gasteiger partial charge in [-0.3, -0.25) is 9.88 Å². The van der Waals surface area contributed by atoms with E-state index in [0.29, 0.717) is 6.04 Å². The predicted octanol–water partition coefficient (Wildman–Crippen LogP) is 1.89. The van der Waals surface area contributed by atoms with Gasteiger partial charge in [-0.05, 0) is 50.6 Å². The summed E-state index contributed by atoms with van der Waals surface area (Å²) in [4.78, 5) is 6.60. The number of rotatable bonds is 6. The van der Waals surface area contributed by atoms with Gasteiger partial charge in [0.25, 0.3) is 0 Å². The molecule has 2 aromatic heterocycles. The Kier molecular flexibility index (Phi) is 5.48. The molecule has 0 aromatic carbocycles. The smallest absolute Gasteiger partial charge is 0.216 e. The Bertz CT molecular complexity index is 647. The Balaban J connectivity index is 1.48. The zero-order chi connectivity index (χ0) is 16.9. The number of hydrogen-bond acceptors (Lipinski definition) is 5. The number of hydrogen-bond donors (Lipinski definition) is 1. The molecule has 6 heteroatoms. The summed E-state index contributed by atoms with van der Waals surface area (Å²) >= 11 is 0. The molecule has 0 amide bonds. The maximum absolute atomic E-state index is 5.47. The first kappa shape index (κ1) is 16.9. The first-order valence-electron chi connectivity index (χ1n) is 8.58. The van der Waals surface area contributed by atoms with Crippen LogP contribution in [-0.4, -0.2) is 45.9 Å². The molecule has 0 saturated carbocycles. The van der Waals surface area contributed by atoms with Gasteiger partial charge >= 0.3 is 0 Å². The van der Waals surface area contributed by atoms with Crippen molar-refractivity contribution < 1.29 is 4.74 Å². The second-order valence-electron chi connectivity index (χ2n) is 6.48. The fourth-order valence-corrected chi connectivity index (χ4v) is 3.43. The summed E-state index contributed by atoms with van der Waals surface area (Å²) in [5.41, 5.74) is 3.54. The van der Waals surface area contributed by atoms with Gasteiger partial charge in [-0.25, -0.2) is 4.68 Å². The molecule has 1 aliphatic heterocycles. The van der Waals surface area contributed by atoms with E-state index in [-0.39, 0.29) is 0 Å². The van der Waals surface area contributed by atoms with Gasteiger partial charge in [-0.2, -0.15) is 5.10 Å². The molecule has 2 aromatic rings. The molecule has 1 saturated heterocycles. The normalized spacial score (nSPS) is 16.5. The summed E-state index contributed by atoms with van der Waals surface area (Å²) in [5.74, 6) is 0.857. The average Bonchev–Trinajstić information content (AvgIpc) is 2.88. The Labute approximate surface area is 143 Å². The lowest BCUT2D eigenvalue weighted by atomic mass is 10.0. The third-order valence-corrected chi connectivity index (χ3v) is 4.79. The van der Waals surface area contributed by atoms with E-state index in [1.807, 2.05) is 31.0 Å². The van der Waals surface area contributed by atoms with Crippen LogP contribution in [-0.2, 0) is 20.1 Å². The largest absolute Gasteiger partial charge is 0.481 e. The number of aryl methyl sites for hydroxylation is 2. The molecule has 6 nitrogen and oxygen atoms in total. The molecular formula is C18H27N5O. The number of ether oxygens (including phenoxy) is 1. The lowest BCUT2D eigenvalue weighted by Gasteiger charge is -2.32. The Morgan fingerprint density at radius 3 is 2.62 bits per heavy atom. The van der Waals surface area contributed by atoms with Crippen LogP contribution in [0.5, 0.6) is 5.88 Å². The zero-order valence-corrected chi connectivity index (χ0v) is 14.8. The minimum absolute atomic E-state index is 0.558. The number of nitrogens with one attached hydrogen (secondary N) is 1. The van der Waals surface area contributed by atoms with E-state index < -0.39 is 0 Å². The Morgan fingerprint density at radius 2 is 1.96 bits per heavy atom. The van der Waals surface area contributed by atoms with Crippen molar-refractivity contribution in [1.82, 2.24) is 25.0 Å². The lowest BCUT2D eigenvalue weighted by molar-refractivity contribution is 0.190. The quantitative estimate of drug-likeness (QED) is 0.877. The van der Waals surface area contributed by atoms with E-state index in [1.54, 1.807) is 7.11 Å². The van der Waals surface area contributed by atoms with Crippen LogP contribution in [0.1, 0.15) is 29.7 Å². The van der Waals surface area contributed by atoms with Gasteiger partial charge in [0.15, 0.2) is 0 Å². The average molecular weight is 329 g/mol. The molecule has 1 fully saturated rings. The third-order valence-electron chi connectivity index (χ3n) is 4.79. The fourth-order valence-electron chi connectivity index (χ4n) is 3.43. The highest BCUT2D eigenvalue weighted by Gasteiger charge is 2.20. The van der Waals surface area contributed by atoms with Crippen LogP contribution < -0.4 is 10.1 Å². The molecule has 3 rings (SSSR count). The number of pyridine rings is 1. The first-order valence-corrected chi connectivity index (χ1v) is 8.58. The molecule has 0 unspecified atom stereocenters. The van der Waals surface area contributed by atoms with Crippen molar-refractivity contribution in [1.29, 1.82) is 0 Å². The Morgan fingerprint density at radius 1 is 1.25 bits per heavy atom. The van der Waals surface area contributed by atoms with Crippen LogP contribution >= 0.6 is 0 Å². The standard InChI is InChI=1S/C18H27N5O/c1-14-17(18(24-3)22(2)21-14)12-20-16-6-10-23(11-7-16)13-15-4-8-19-9-5-15/h4-5,8-9,16,20H,6-7,10-13H2,1-3H3. The molecule has 130 valence electrons. The van der Waals surface area contributed by atoms with E-state index in [9.17, 15) is 0 Å². The number of aromatic nitrogens is 3. The predicted molar refractivity (Wildman–Crippen MR) is 93.9 cm³/mol. The van der Waals surface area contributed by atoms with Crippen molar-refractivity contribution in [2.24, 2.45) is 7.05 Å². The molecule has 0 atom stereocenters. The summed E-state index contributed by atoms with van der Waals surface area (Å²) in [5, 5.41) is 8.12. The summed E-state index contributed by atoms with van der Waals surface area (Å²) < 4.78 is 7.28. The maximum atomic E-state index is 5.47. The van der Waals surface area contributed by atoms with E-state index in [4.69, 9.17) is 4.74 Å². The molecule has 0 radical (unpaired) electrons. The van der Waals surface area contributed by atoms with Gasteiger partial charge in [0, 0.05) is 38.6 Å². The summed E-state index contributed by atoms with van der Waals surface area (Å²) in [7, 11) is 3.63. The second kappa shape index (κ2) is 7.77. The van der Waals surface area contributed by atoms with Crippen molar-refractivity contribution in [2.75, 3.05) is 20.2 Å².